The molecule has 1 aliphatic rings. The highest BCUT2D eigenvalue weighted by Crippen LogP contribution is 2.40. The predicted molar refractivity (Wildman–Crippen MR) is 70.0 cm³/mol. The zero-order valence-electron chi connectivity index (χ0n) is 10.3. The number of carboxylic acid groups (broad SMARTS) is 1. The standard InChI is InChI=1S/C13H20O3S/c1-3-4-5-6-7-8-10-11(12(14)15)9(2)13(16)17-10/h10-11H,2-8H2,1H3,(H,14,15)/t10-,11+/m0/s1. The van der Waals surface area contributed by atoms with E-state index in [2.05, 4.69) is 13.5 Å². The van der Waals surface area contributed by atoms with Crippen LogP contribution >= 0.6 is 11.8 Å². The van der Waals surface area contributed by atoms with Crippen LogP contribution in [-0.2, 0) is 9.59 Å². The number of carbonyl (C=O) groups excluding carboxylic acids is 1. The first-order valence-corrected chi connectivity index (χ1v) is 7.08. The van der Waals surface area contributed by atoms with E-state index in [1.54, 1.807) is 0 Å². The van der Waals surface area contributed by atoms with Gasteiger partial charge < -0.3 is 5.11 Å². The van der Waals surface area contributed by atoms with Crippen molar-refractivity contribution in [2.24, 2.45) is 5.92 Å². The number of rotatable bonds is 7. The number of carbonyl (C=O) groups is 2. The van der Waals surface area contributed by atoms with Crippen molar-refractivity contribution in [1.82, 2.24) is 0 Å². The van der Waals surface area contributed by atoms with Crippen LogP contribution in [0.3, 0.4) is 0 Å². The van der Waals surface area contributed by atoms with Crippen LogP contribution in [0, 0.1) is 5.92 Å². The minimum absolute atomic E-state index is 0.103. The first-order valence-electron chi connectivity index (χ1n) is 6.20. The molecule has 0 bridgehead atoms. The highest BCUT2D eigenvalue weighted by atomic mass is 32.2. The summed E-state index contributed by atoms with van der Waals surface area (Å²) in [5.74, 6) is -1.58. The fraction of sp³-hybridized carbons (Fsp3) is 0.692. The molecule has 1 rings (SSSR count). The molecule has 2 atom stereocenters. The van der Waals surface area contributed by atoms with Gasteiger partial charge in [0.05, 0.1) is 5.92 Å². The molecule has 0 aliphatic carbocycles. The smallest absolute Gasteiger partial charge is 0.312 e. The van der Waals surface area contributed by atoms with E-state index in [0.29, 0.717) is 0 Å². The number of hydrogen-bond acceptors (Lipinski definition) is 3. The molecule has 1 saturated heterocycles. The Morgan fingerprint density at radius 2 is 2.00 bits per heavy atom. The Bertz CT molecular complexity index is 312. The largest absolute Gasteiger partial charge is 0.481 e. The van der Waals surface area contributed by atoms with Gasteiger partial charge in [0.1, 0.15) is 0 Å². The summed E-state index contributed by atoms with van der Waals surface area (Å²) in [7, 11) is 0. The first kappa shape index (κ1) is 14.3. The molecule has 1 N–H and O–H groups in total. The van der Waals surface area contributed by atoms with Gasteiger partial charge in [0.2, 0.25) is 5.12 Å². The average molecular weight is 256 g/mol. The van der Waals surface area contributed by atoms with Crippen molar-refractivity contribution < 1.29 is 14.7 Å². The highest BCUT2D eigenvalue weighted by molar-refractivity contribution is 8.15. The van der Waals surface area contributed by atoms with Crippen molar-refractivity contribution in [3.8, 4) is 0 Å². The molecule has 0 radical (unpaired) electrons. The van der Waals surface area contributed by atoms with Gasteiger partial charge in [0.25, 0.3) is 0 Å². The molecule has 1 aliphatic heterocycles. The normalized spacial score (nSPS) is 24.3. The Morgan fingerprint density at radius 1 is 1.35 bits per heavy atom. The molecule has 0 aromatic rings. The first-order chi connectivity index (χ1) is 8.07. The van der Waals surface area contributed by atoms with E-state index >= 15 is 0 Å². The number of hydrogen-bond donors (Lipinski definition) is 1. The number of carboxylic acids is 1. The molecule has 0 saturated carbocycles. The third kappa shape index (κ3) is 3.87. The summed E-state index contributed by atoms with van der Waals surface area (Å²) >= 11 is 1.15. The zero-order valence-corrected chi connectivity index (χ0v) is 11.1. The van der Waals surface area contributed by atoms with Gasteiger partial charge in [-0.2, -0.15) is 0 Å². The van der Waals surface area contributed by atoms with Crippen molar-refractivity contribution in [2.45, 2.75) is 50.7 Å². The molecule has 0 aromatic heterocycles. The van der Waals surface area contributed by atoms with Crippen LogP contribution in [0.2, 0.25) is 0 Å². The Hall–Kier alpha value is -0.770. The minimum atomic E-state index is -0.910. The highest BCUT2D eigenvalue weighted by Gasteiger charge is 2.41. The molecule has 0 aromatic carbocycles. The van der Waals surface area contributed by atoms with Crippen molar-refractivity contribution in [3.05, 3.63) is 12.2 Å². The lowest BCUT2D eigenvalue weighted by Crippen LogP contribution is -2.22. The maximum Gasteiger partial charge on any atom is 0.312 e. The van der Waals surface area contributed by atoms with Crippen LogP contribution in [0.1, 0.15) is 45.4 Å². The molecule has 3 nitrogen and oxygen atoms in total. The van der Waals surface area contributed by atoms with Gasteiger partial charge in [-0.1, -0.05) is 57.4 Å². The molecule has 1 heterocycles. The van der Waals surface area contributed by atoms with Crippen LogP contribution in [0.5, 0.6) is 0 Å². The molecular formula is C13H20O3S. The van der Waals surface area contributed by atoms with Gasteiger partial charge in [0.15, 0.2) is 0 Å². The van der Waals surface area contributed by atoms with Crippen molar-refractivity contribution in [1.29, 1.82) is 0 Å². The van der Waals surface area contributed by atoms with Crippen LogP contribution in [0.15, 0.2) is 12.2 Å². The van der Waals surface area contributed by atoms with Crippen LogP contribution in [0.25, 0.3) is 0 Å². The second-order valence-electron chi connectivity index (χ2n) is 4.49. The van der Waals surface area contributed by atoms with E-state index in [9.17, 15) is 9.59 Å². The quantitative estimate of drug-likeness (QED) is 0.561. The van der Waals surface area contributed by atoms with E-state index in [0.717, 1.165) is 31.0 Å². The second-order valence-corrected chi connectivity index (χ2v) is 5.70. The summed E-state index contributed by atoms with van der Waals surface area (Å²) in [6, 6.07) is 0. The Balaban J connectivity index is 2.39. The summed E-state index contributed by atoms with van der Waals surface area (Å²) in [5.41, 5.74) is 0.265. The molecule has 0 spiro atoms. The van der Waals surface area contributed by atoms with E-state index in [4.69, 9.17) is 5.11 Å². The van der Waals surface area contributed by atoms with Gasteiger partial charge in [-0.15, -0.1) is 0 Å². The van der Waals surface area contributed by atoms with Gasteiger partial charge >= 0.3 is 5.97 Å². The Labute approximate surface area is 107 Å². The summed E-state index contributed by atoms with van der Waals surface area (Å²) in [5, 5.41) is 8.84. The zero-order chi connectivity index (χ0) is 12.8. The molecule has 4 heteroatoms. The molecular weight excluding hydrogens is 236 g/mol. The molecule has 96 valence electrons. The minimum Gasteiger partial charge on any atom is -0.481 e. The number of aliphatic carboxylic acids is 1. The number of unbranched alkanes of at least 4 members (excludes halogenated alkanes) is 4. The van der Waals surface area contributed by atoms with Crippen LogP contribution in [-0.4, -0.2) is 21.4 Å². The molecule has 0 unspecified atom stereocenters. The maximum atomic E-state index is 11.4. The third-order valence-electron chi connectivity index (χ3n) is 3.13. The topological polar surface area (TPSA) is 54.4 Å². The van der Waals surface area contributed by atoms with Gasteiger partial charge in [0, 0.05) is 10.8 Å². The van der Waals surface area contributed by atoms with E-state index in [-0.39, 0.29) is 15.9 Å². The predicted octanol–water partition coefficient (Wildman–Crippen LogP) is 3.25. The molecule has 0 amide bonds. The summed E-state index contributed by atoms with van der Waals surface area (Å²) in [4.78, 5) is 22.5. The van der Waals surface area contributed by atoms with Crippen LogP contribution < -0.4 is 0 Å². The number of thioether (sulfide) groups is 1. The summed E-state index contributed by atoms with van der Waals surface area (Å²) in [6.45, 7) is 5.76. The van der Waals surface area contributed by atoms with Gasteiger partial charge in [-0.25, -0.2) is 0 Å². The van der Waals surface area contributed by atoms with E-state index in [1.807, 2.05) is 0 Å². The van der Waals surface area contributed by atoms with Crippen LogP contribution in [0.4, 0.5) is 0 Å². The maximum absolute atomic E-state index is 11.4. The fourth-order valence-corrected chi connectivity index (χ4v) is 3.37. The summed E-state index contributed by atoms with van der Waals surface area (Å²) in [6.07, 6.45) is 6.55. The van der Waals surface area contributed by atoms with E-state index in [1.165, 1.54) is 19.3 Å². The SMILES string of the molecule is C=C1C(=O)S[C@@H](CCCCCCC)[C@@H]1C(=O)O. The lowest BCUT2D eigenvalue weighted by molar-refractivity contribution is -0.140. The third-order valence-corrected chi connectivity index (χ3v) is 4.41. The summed E-state index contributed by atoms with van der Waals surface area (Å²) < 4.78 is 0. The van der Waals surface area contributed by atoms with Crippen molar-refractivity contribution in [3.63, 3.8) is 0 Å². The fourth-order valence-electron chi connectivity index (χ4n) is 2.12. The lowest BCUT2D eigenvalue weighted by atomic mass is 9.94. The lowest BCUT2D eigenvalue weighted by Gasteiger charge is -2.13. The molecule has 17 heavy (non-hydrogen) atoms. The van der Waals surface area contributed by atoms with Gasteiger partial charge in [-0.3, -0.25) is 9.59 Å². The van der Waals surface area contributed by atoms with E-state index < -0.39 is 11.9 Å². The second kappa shape index (κ2) is 6.84. The van der Waals surface area contributed by atoms with Crippen molar-refractivity contribution in [2.75, 3.05) is 0 Å². The Kier molecular flexibility index (Phi) is 5.75. The van der Waals surface area contributed by atoms with Crippen molar-refractivity contribution >= 4 is 22.8 Å². The monoisotopic (exact) mass is 256 g/mol. The Morgan fingerprint density at radius 3 is 2.59 bits per heavy atom. The molecule has 1 fully saturated rings. The average Bonchev–Trinajstić information content (AvgIpc) is 2.54. The van der Waals surface area contributed by atoms with Gasteiger partial charge in [-0.05, 0) is 6.42 Å².